The van der Waals surface area contributed by atoms with E-state index < -0.39 is 53.2 Å². The van der Waals surface area contributed by atoms with Gasteiger partial charge >= 0.3 is 12.1 Å². The van der Waals surface area contributed by atoms with E-state index >= 15 is 0 Å². The van der Waals surface area contributed by atoms with Crippen LogP contribution >= 0.6 is 0 Å². The Labute approximate surface area is 254 Å². The summed E-state index contributed by atoms with van der Waals surface area (Å²) in [6.07, 6.45) is 6.61. The third-order valence-electron chi connectivity index (χ3n) is 6.53. The fourth-order valence-corrected chi connectivity index (χ4v) is 4.59. The Balaban J connectivity index is 2.01. The molecule has 2 aromatic carbocycles. The number of ether oxygens (including phenoxy) is 2. The van der Waals surface area contributed by atoms with E-state index in [4.69, 9.17) is 15.9 Å². The zero-order valence-corrected chi connectivity index (χ0v) is 26.1. The van der Waals surface area contributed by atoms with Crippen LogP contribution in [0.4, 0.5) is 4.79 Å². The van der Waals surface area contributed by atoms with Crippen LogP contribution in [0.1, 0.15) is 84.0 Å². The molecule has 0 bridgehead atoms. The normalized spacial score (nSPS) is 15.2. The Morgan fingerprint density at radius 1 is 0.907 bits per heavy atom. The molecule has 9 heteroatoms. The van der Waals surface area contributed by atoms with E-state index in [0.717, 1.165) is 5.56 Å². The molecule has 2 N–H and O–H groups in total. The summed E-state index contributed by atoms with van der Waals surface area (Å²) in [5.74, 6) is 0.961. The first-order valence-corrected chi connectivity index (χ1v) is 14.5. The van der Waals surface area contributed by atoms with Gasteiger partial charge in [-0.3, -0.25) is 9.59 Å². The minimum absolute atomic E-state index is 0.180. The minimum Gasteiger partial charge on any atom is -0.458 e. The summed E-state index contributed by atoms with van der Waals surface area (Å²) in [7, 11) is 0. The zero-order valence-electron chi connectivity index (χ0n) is 26.1. The molecule has 0 radical (unpaired) electrons. The van der Waals surface area contributed by atoms with Gasteiger partial charge in [0.1, 0.15) is 29.3 Å². The van der Waals surface area contributed by atoms with Crippen LogP contribution in [-0.4, -0.2) is 58.1 Å². The Bertz CT molecular complexity index is 1350. The van der Waals surface area contributed by atoms with Gasteiger partial charge in [0.25, 0.3) is 0 Å². The van der Waals surface area contributed by atoms with E-state index in [2.05, 4.69) is 16.6 Å². The molecule has 0 saturated heterocycles. The number of alkyl carbamates (subject to hydrolysis) is 1. The average molecular weight is 590 g/mol. The summed E-state index contributed by atoms with van der Waals surface area (Å²) in [6, 6.07) is 12.7. The van der Waals surface area contributed by atoms with Crippen molar-refractivity contribution in [2.75, 3.05) is 0 Å². The first-order chi connectivity index (χ1) is 20.1. The summed E-state index contributed by atoms with van der Waals surface area (Å²) in [4.78, 5) is 55.6. The van der Waals surface area contributed by atoms with Gasteiger partial charge in [-0.25, -0.2) is 9.59 Å². The third kappa shape index (κ3) is 9.88. The lowest BCUT2D eigenvalue weighted by molar-refractivity contribution is -0.159. The molecule has 3 atom stereocenters. The Hall–Kier alpha value is -4.32. The van der Waals surface area contributed by atoms with Crippen molar-refractivity contribution >= 4 is 23.9 Å². The van der Waals surface area contributed by atoms with E-state index in [1.807, 2.05) is 30.3 Å². The molecule has 3 unspecified atom stereocenters. The summed E-state index contributed by atoms with van der Waals surface area (Å²) in [5, 5.41) is 5.47. The number of benzene rings is 2. The molecule has 1 aliphatic rings. The molecule has 0 heterocycles. The van der Waals surface area contributed by atoms with Crippen LogP contribution in [0.2, 0.25) is 0 Å². The van der Waals surface area contributed by atoms with E-state index in [-0.39, 0.29) is 12.5 Å². The molecule has 230 valence electrons. The van der Waals surface area contributed by atoms with Crippen LogP contribution in [0.15, 0.2) is 54.6 Å². The highest BCUT2D eigenvalue weighted by Gasteiger charge is 2.44. The van der Waals surface area contributed by atoms with Gasteiger partial charge in [0.2, 0.25) is 11.8 Å². The van der Waals surface area contributed by atoms with Gasteiger partial charge in [-0.2, -0.15) is 0 Å². The van der Waals surface area contributed by atoms with E-state index in [9.17, 15) is 19.2 Å². The van der Waals surface area contributed by atoms with Gasteiger partial charge in [-0.1, -0.05) is 54.5 Å². The van der Waals surface area contributed by atoms with E-state index in [1.54, 1.807) is 72.7 Å². The summed E-state index contributed by atoms with van der Waals surface area (Å²) in [6.45, 7) is 12.0. The lowest BCUT2D eigenvalue weighted by Crippen LogP contribution is -2.55. The van der Waals surface area contributed by atoms with Crippen LogP contribution in [0, 0.1) is 12.3 Å². The van der Waals surface area contributed by atoms with E-state index in [1.165, 1.54) is 4.90 Å². The van der Waals surface area contributed by atoms with E-state index in [0.29, 0.717) is 24.0 Å². The van der Waals surface area contributed by atoms with Crippen LogP contribution < -0.4 is 10.6 Å². The molecule has 0 aliphatic heterocycles. The average Bonchev–Trinajstić information content (AvgIpc) is 3.74. The van der Waals surface area contributed by atoms with Crippen molar-refractivity contribution < 1.29 is 28.7 Å². The van der Waals surface area contributed by atoms with Gasteiger partial charge in [0.05, 0.1) is 0 Å². The lowest BCUT2D eigenvalue weighted by Gasteiger charge is -2.35. The van der Waals surface area contributed by atoms with Gasteiger partial charge in [0.15, 0.2) is 0 Å². The number of carbonyl (C=O) groups excluding carboxylic acids is 4. The predicted molar refractivity (Wildman–Crippen MR) is 164 cm³/mol. The first-order valence-electron chi connectivity index (χ1n) is 14.5. The number of hydrogen-bond donors (Lipinski definition) is 2. The molecule has 1 fully saturated rings. The van der Waals surface area contributed by atoms with Crippen LogP contribution in [-0.2, 0) is 30.3 Å². The number of hydrogen-bond acceptors (Lipinski definition) is 6. The molecule has 43 heavy (non-hydrogen) atoms. The number of nitrogens with zero attached hydrogens (tertiary/aromatic N) is 1. The Morgan fingerprint density at radius 2 is 1.49 bits per heavy atom. The highest BCUT2D eigenvalue weighted by Crippen LogP contribution is 2.36. The summed E-state index contributed by atoms with van der Waals surface area (Å²) < 4.78 is 11.0. The minimum atomic E-state index is -1.17. The Morgan fingerprint density at radius 3 is 2.05 bits per heavy atom. The number of terminal acetylenes is 1. The number of amides is 3. The number of carbonyl (C=O) groups is 4. The fraction of sp³-hybridized carbons (Fsp3) is 0.471. The zero-order chi connectivity index (χ0) is 31.9. The number of rotatable bonds is 10. The van der Waals surface area contributed by atoms with Gasteiger partial charge in [-0.15, -0.1) is 6.42 Å². The number of esters is 1. The Kier molecular flexibility index (Phi) is 10.6. The summed E-state index contributed by atoms with van der Waals surface area (Å²) in [5.41, 5.74) is 0.155. The van der Waals surface area contributed by atoms with Crippen LogP contribution in [0.5, 0.6) is 0 Å². The van der Waals surface area contributed by atoms with Crippen molar-refractivity contribution in [3.63, 3.8) is 0 Å². The molecule has 3 rings (SSSR count). The van der Waals surface area contributed by atoms with Crippen molar-refractivity contribution in [3.8, 4) is 12.3 Å². The van der Waals surface area contributed by atoms with Crippen molar-refractivity contribution in [1.82, 2.24) is 15.5 Å². The van der Waals surface area contributed by atoms with Gasteiger partial charge in [-0.05, 0) is 78.5 Å². The van der Waals surface area contributed by atoms with Crippen molar-refractivity contribution in [2.24, 2.45) is 0 Å². The summed E-state index contributed by atoms with van der Waals surface area (Å²) >= 11 is 0. The predicted octanol–water partition coefficient (Wildman–Crippen LogP) is 4.68. The maximum absolute atomic E-state index is 14.3. The topological polar surface area (TPSA) is 114 Å². The second-order valence-corrected chi connectivity index (χ2v) is 12.8. The van der Waals surface area contributed by atoms with Gasteiger partial charge in [0, 0.05) is 18.0 Å². The lowest BCUT2D eigenvalue weighted by atomic mass is 9.96. The SMILES string of the molecule is C#Cc1ccccc1C(C(=O)NC(Cc1ccccc1)C(=O)OC(C)(C)C)N(C(=O)C(C)NC(=O)OC(C)(C)C)C1CC1. The van der Waals surface area contributed by atoms with Gasteiger partial charge < -0.3 is 25.0 Å². The monoisotopic (exact) mass is 589 g/mol. The molecule has 0 spiro atoms. The molecule has 3 amide bonds. The van der Waals surface area contributed by atoms with Crippen molar-refractivity contribution in [1.29, 1.82) is 0 Å². The van der Waals surface area contributed by atoms with Crippen LogP contribution in [0.3, 0.4) is 0 Å². The molecule has 9 nitrogen and oxygen atoms in total. The smallest absolute Gasteiger partial charge is 0.408 e. The molecule has 1 aliphatic carbocycles. The molecule has 0 aromatic heterocycles. The standard InChI is InChI=1S/C34H43N3O6/c1-9-24-17-13-14-18-26(24)28(37(25-19-20-25)30(39)22(2)35-32(41)43-34(6,7)8)29(38)36-27(31(40)42-33(3,4)5)21-23-15-11-10-12-16-23/h1,10-18,22,25,27-28H,19-21H2,2-8H3,(H,35,41)(H,36,38). The fourth-order valence-electron chi connectivity index (χ4n) is 4.59. The molecular weight excluding hydrogens is 546 g/mol. The third-order valence-corrected chi connectivity index (χ3v) is 6.53. The molecular formula is C34H43N3O6. The first kappa shape index (κ1) is 33.2. The molecule has 1 saturated carbocycles. The highest BCUT2D eigenvalue weighted by atomic mass is 16.6. The maximum Gasteiger partial charge on any atom is 0.408 e. The quantitative estimate of drug-likeness (QED) is 0.307. The number of nitrogens with one attached hydrogen (secondary N) is 2. The molecule has 2 aromatic rings. The van der Waals surface area contributed by atoms with Crippen molar-refractivity contribution in [2.45, 2.75) is 103 Å². The van der Waals surface area contributed by atoms with Crippen LogP contribution in [0.25, 0.3) is 0 Å². The largest absolute Gasteiger partial charge is 0.458 e. The second kappa shape index (κ2) is 13.8. The maximum atomic E-state index is 14.3. The highest BCUT2D eigenvalue weighted by molar-refractivity contribution is 5.94. The van der Waals surface area contributed by atoms with Crippen molar-refractivity contribution in [3.05, 3.63) is 71.3 Å². The second-order valence-electron chi connectivity index (χ2n) is 12.8.